The Hall–Kier alpha value is -5.08. The van der Waals surface area contributed by atoms with Crippen LogP contribution < -0.4 is 0 Å². The highest BCUT2D eigenvalue weighted by molar-refractivity contribution is 6.20. The van der Waals surface area contributed by atoms with Gasteiger partial charge in [-0.1, -0.05) is 90.5 Å². The van der Waals surface area contributed by atoms with Crippen LogP contribution in [0, 0.1) is 6.92 Å². The molecule has 8 aromatic rings. The number of fused-ring (bicyclic) bond motifs is 6. The third-order valence-corrected chi connectivity index (χ3v) is 7.95. The first-order valence-electron chi connectivity index (χ1n) is 13.4. The van der Waals surface area contributed by atoms with Gasteiger partial charge in [0.15, 0.2) is 0 Å². The molecule has 2 nitrogen and oxygen atoms in total. The van der Waals surface area contributed by atoms with Gasteiger partial charge >= 0.3 is 0 Å². The maximum absolute atomic E-state index is 2.45. The van der Waals surface area contributed by atoms with E-state index in [1.165, 1.54) is 71.5 Å². The van der Waals surface area contributed by atoms with Gasteiger partial charge in [0, 0.05) is 39.1 Å². The molecule has 0 aliphatic carbocycles. The molecule has 0 fully saturated rings. The second-order valence-corrected chi connectivity index (χ2v) is 10.4. The number of benzene rings is 6. The van der Waals surface area contributed by atoms with Crippen LogP contribution in [0.4, 0.5) is 0 Å². The van der Waals surface area contributed by atoms with Crippen molar-refractivity contribution in [1.82, 2.24) is 9.13 Å². The quantitative estimate of drug-likeness (QED) is 0.229. The van der Waals surface area contributed by atoms with Crippen LogP contribution in [-0.2, 0) is 0 Å². The van der Waals surface area contributed by atoms with Crippen molar-refractivity contribution >= 4 is 43.5 Å². The molecule has 8 rings (SSSR count). The van der Waals surface area contributed by atoms with E-state index in [0.717, 1.165) is 0 Å². The Labute approximate surface area is 227 Å². The molecule has 0 saturated heterocycles. The molecule has 0 spiro atoms. The van der Waals surface area contributed by atoms with Crippen molar-refractivity contribution in [3.63, 3.8) is 0 Å². The number of hydrogen-bond donors (Lipinski definition) is 0. The third kappa shape index (κ3) is 3.42. The van der Waals surface area contributed by atoms with Crippen molar-refractivity contribution in [1.29, 1.82) is 0 Å². The van der Waals surface area contributed by atoms with Crippen molar-refractivity contribution in [2.45, 2.75) is 6.92 Å². The fourth-order valence-corrected chi connectivity index (χ4v) is 6.14. The number of rotatable bonds is 3. The van der Waals surface area contributed by atoms with Crippen molar-refractivity contribution in [3.05, 3.63) is 145 Å². The first-order valence-corrected chi connectivity index (χ1v) is 13.4. The fraction of sp³-hybridized carbons (Fsp3) is 0.0270. The number of para-hydroxylation sites is 2. The molecule has 0 amide bonds. The van der Waals surface area contributed by atoms with E-state index in [1.807, 2.05) is 0 Å². The molecule has 0 aliphatic heterocycles. The molecular formula is C37H26N2. The van der Waals surface area contributed by atoms with E-state index < -0.39 is 0 Å². The van der Waals surface area contributed by atoms with E-state index in [-0.39, 0.29) is 0 Å². The van der Waals surface area contributed by atoms with Crippen LogP contribution in [0.3, 0.4) is 0 Å². The molecule has 39 heavy (non-hydrogen) atoms. The van der Waals surface area contributed by atoms with E-state index in [2.05, 4.69) is 156 Å². The van der Waals surface area contributed by atoms with Crippen LogP contribution in [0.1, 0.15) is 5.56 Å². The zero-order chi connectivity index (χ0) is 25.9. The van der Waals surface area contributed by atoms with Gasteiger partial charge in [-0.15, -0.1) is 0 Å². The molecular weight excluding hydrogens is 472 g/mol. The molecule has 0 N–H and O–H groups in total. The Balaban J connectivity index is 1.43. The van der Waals surface area contributed by atoms with Gasteiger partial charge in [0.05, 0.1) is 16.6 Å². The summed E-state index contributed by atoms with van der Waals surface area (Å²) in [7, 11) is 0. The minimum absolute atomic E-state index is 1.18. The van der Waals surface area contributed by atoms with E-state index in [0.29, 0.717) is 0 Å². The molecule has 0 saturated carbocycles. The van der Waals surface area contributed by atoms with Gasteiger partial charge in [-0.3, -0.25) is 0 Å². The second kappa shape index (κ2) is 8.47. The summed E-state index contributed by atoms with van der Waals surface area (Å²) < 4.78 is 4.73. The Morgan fingerprint density at radius 1 is 0.462 bits per heavy atom. The molecule has 0 bridgehead atoms. The summed E-state index contributed by atoms with van der Waals surface area (Å²) in [6.45, 7) is 2.15. The standard InChI is InChI=1S/C37H26N2/c1-25-9-7-10-26(21-25)27-11-8-14-31(22-27)39-35-16-6-5-15-32(35)33-18-17-28-24-36-29(23-34(28)37(33)39)19-20-38(36)30-12-3-2-4-13-30/h2-24H,1H3. The first kappa shape index (κ1) is 22.0. The third-order valence-electron chi connectivity index (χ3n) is 7.95. The van der Waals surface area contributed by atoms with Gasteiger partial charge < -0.3 is 9.13 Å². The molecule has 2 heterocycles. The molecule has 2 aromatic heterocycles. The van der Waals surface area contributed by atoms with Crippen LogP contribution in [0.2, 0.25) is 0 Å². The molecule has 184 valence electrons. The van der Waals surface area contributed by atoms with Gasteiger partial charge in [0.25, 0.3) is 0 Å². The Morgan fingerprint density at radius 2 is 1.23 bits per heavy atom. The zero-order valence-corrected chi connectivity index (χ0v) is 21.7. The first-order chi connectivity index (χ1) is 19.2. The maximum atomic E-state index is 2.45. The highest BCUT2D eigenvalue weighted by Crippen LogP contribution is 2.39. The van der Waals surface area contributed by atoms with E-state index in [9.17, 15) is 0 Å². The topological polar surface area (TPSA) is 9.86 Å². The lowest BCUT2D eigenvalue weighted by Gasteiger charge is -2.13. The normalized spacial score (nSPS) is 11.7. The van der Waals surface area contributed by atoms with E-state index in [1.54, 1.807) is 0 Å². The van der Waals surface area contributed by atoms with Gasteiger partial charge in [-0.25, -0.2) is 0 Å². The smallest absolute Gasteiger partial charge is 0.0619 e. The van der Waals surface area contributed by atoms with Gasteiger partial charge in [-0.05, 0) is 72.0 Å². The summed E-state index contributed by atoms with van der Waals surface area (Å²) in [5.41, 5.74) is 9.79. The predicted molar refractivity (Wildman–Crippen MR) is 165 cm³/mol. The monoisotopic (exact) mass is 498 g/mol. The van der Waals surface area contributed by atoms with E-state index in [4.69, 9.17) is 0 Å². The van der Waals surface area contributed by atoms with Crippen molar-refractivity contribution in [2.24, 2.45) is 0 Å². The summed E-state index contributed by atoms with van der Waals surface area (Å²) in [6, 6.07) is 48.5. The highest BCUT2D eigenvalue weighted by atomic mass is 15.0. The highest BCUT2D eigenvalue weighted by Gasteiger charge is 2.16. The van der Waals surface area contributed by atoms with Gasteiger partial charge in [-0.2, -0.15) is 0 Å². The minimum atomic E-state index is 1.18. The van der Waals surface area contributed by atoms with Crippen LogP contribution in [0.5, 0.6) is 0 Å². The van der Waals surface area contributed by atoms with Crippen molar-refractivity contribution in [2.75, 3.05) is 0 Å². The molecule has 0 aliphatic rings. The van der Waals surface area contributed by atoms with Crippen LogP contribution in [-0.4, -0.2) is 9.13 Å². The largest absolute Gasteiger partial charge is 0.317 e. The minimum Gasteiger partial charge on any atom is -0.317 e. The number of aromatic nitrogens is 2. The van der Waals surface area contributed by atoms with Gasteiger partial charge in [0.1, 0.15) is 0 Å². The van der Waals surface area contributed by atoms with Crippen molar-refractivity contribution in [3.8, 4) is 22.5 Å². The van der Waals surface area contributed by atoms with Crippen LogP contribution >= 0.6 is 0 Å². The van der Waals surface area contributed by atoms with Crippen LogP contribution in [0.15, 0.2) is 140 Å². The SMILES string of the molecule is Cc1cccc(-c2cccc(-n3c4ccccc4c4ccc5cc6c(ccn6-c6ccccc6)cc5c43)c2)c1. The number of hydrogen-bond acceptors (Lipinski definition) is 0. The number of nitrogens with zero attached hydrogens (tertiary/aromatic N) is 2. The maximum Gasteiger partial charge on any atom is 0.0619 e. The molecule has 0 unspecified atom stereocenters. The predicted octanol–water partition coefficient (Wildman–Crippen LogP) is 9.86. The Morgan fingerprint density at radius 3 is 2.10 bits per heavy atom. The fourth-order valence-electron chi connectivity index (χ4n) is 6.14. The average molecular weight is 499 g/mol. The molecule has 6 aromatic carbocycles. The van der Waals surface area contributed by atoms with E-state index >= 15 is 0 Å². The van der Waals surface area contributed by atoms with Crippen molar-refractivity contribution < 1.29 is 0 Å². The number of aryl methyl sites for hydroxylation is 1. The average Bonchev–Trinajstić information content (AvgIpc) is 3.55. The lowest BCUT2D eigenvalue weighted by atomic mass is 10.0. The summed E-state index contributed by atoms with van der Waals surface area (Å²) in [4.78, 5) is 0. The summed E-state index contributed by atoms with van der Waals surface area (Å²) in [5.74, 6) is 0. The van der Waals surface area contributed by atoms with Gasteiger partial charge in [0.2, 0.25) is 0 Å². The molecule has 0 radical (unpaired) electrons. The molecule has 2 heteroatoms. The Kier molecular flexibility index (Phi) is 4.77. The Bertz CT molecular complexity index is 2180. The molecule has 0 atom stereocenters. The summed E-state index contributed by atoms with van der Waals surface area (Å²) >= 11 is 0. The lowest BCUT2D eigenvalue weighted by molar-refractivity contribution is 1.13. The summed E-state index contributed by atoms with van der Waals surface area (Å²) in [6.07, 6.45) is 2.18. The lowest BCUT2D eigenvalue weighted by Crippen LogP contribution is -1.95. The van der Waals surface area contributed by atoms with Crippen LogP contribution in [0.25, 0.3) is 66.0 Å². The second-order valence-electron chi connectivity index (χ2n) is 10.4. The summed E-state index contributed by atoms with van der Waals surface area (Å²) in [5, 5.41) is 6.30. The zero-order valence-electron chi connectivity index (χ0n) is 21.7.